The largest absolute Gasteiger partial charge is 0.0837 e. The fourth-order valence-electron chi connectivity index (χ4n) is 6.06. The Morgan fingerprint density at radius 2 is 0.750 bits per heavy atom. The van der Waals surface area contributed by atoms with E-state index in [1.165, 1.54) is 50.1 Å². The zero-order valence-corrected chi connectivity index (χ0v) is 18.1. The highest BCUT2D eigenvalue weighted by Gasteiger charge is 2.52. The summed E-state index contributed by atoms with van der Waals surface area (Å²) in [7, 11) is 0. The standard InChI is InChI=1S/C31H19Cl/c32-29-19-8-4-13-23(29)25-15-9-14-24-22-12-3-7-18-28(22)31(30(24)25)26-16-5-1-10-20(26)21-11-2-6-17-27(21)31/h1-19H. The molecule has 0 N–H and O–H groups in total. The third-order valence-electron chi connectivity index (χ3n) is 7.18. The first-order chi connectivity index (χ1) is 15.8. The van der Waals surface area contributed by atoms with Crippen molar-refractivity contribution >= 4 is 11.6 Å². The molecule has 5 aromatic rings. The van der Waals surface area contributed by atoms with Gasteiger partial charge in [0.2, 0.25) is 0 Å². The number of rotatable bonds is 1. The number of hydrogen-bond acceptors (Lipinski definition) is 0. The Morgan fingerprint density at radius 1 is 0.375 bits per heavy atom. The predicted octanol–water partition coefficient (Wildman–Crippen LogP) is 8.35. The van der Waals surface area contributed by atoms with Crippen molar-refractivity contribution in [1.29, 1.82) is 0 Å². The third-order valence-corrected chi connectivity index (χ3v) is 7.51. The topological polar surface area (TPSA) is 0 Å². The SMILES string of the molecule is Clc1ccccc1-c1cccc2c1C1(c3ccccc3-c3ccccc31)c1ccccc1-2. The van der Waals surface area contributed by atoms with Gasteiger partial charge in [0.05, 0.1) is 5.41 Å². The van der Waals surface area contributed by atoms with E-state index in [4.69, 9.17) is 11.6 Å². The van der Waals surface area contributed by atoms with Gasteiger partial charge in [0.15, 0.2) is 0 Å². The van der Waals surface area contributed by atoms with Crippen LogP contribution in [0.1, 0.15) is 22.3 Å². The van der Waals surface area contributed by atoms with E-state index in [0.29, 0.717) is 0 Å². The summed E-state index contributed by atoms with van der Waals surface area (Å²) in [6.45, 7) is 0. The average molecular weight is 427 g/mol. The first kappa shape index (κ1) is 18.0. The second kappa shape index (κ2) is 6.45. The zero-order valence-electron chi connectivity index (χ0n) is 17.3. The van der Waals surface area contributed by atoms with Crippen molar-refractivity contribution in [2.45, 2.75) is 5.41 Å². The Bertz CT molecular complexity index is 1480. The van der Waals surface area contributed by atoms with Crippen molar-refractivity contribution in [2.75, 3.05) is 0 Å². The molecule has 0 atom stereocenters. The van der Waals surface area contributed by atoms with Gasteiger partial charge in [-0.2, -0.15) is 0 Å². The number of hydrogen-bond donors (Lipinski definition) is 0. The molecule has 0 saturated carbocycles. The van der Waals surface area contributed by atoms with Crippen molar-refractivity contribution in [3.8, 4) is 33.4 Å². The van der Waals surface area contributed by atoms with Crippen LogP contribution in [-0.2, 0) is 5.41 Å². The van der Waals surface area contributed by atoms with E-state index in [-0.39, 0.29) is 5.41 Å². The Morgan fingerprint density at radius 3 is 1.28 bits per heavy atom. The molecule has 0 saturated heterocycles. The summed E-state index contributed by atoms with van der Waals surface area (Å²) >= 11 is 6.77. The van der Waals surface area contributed by atoms with Crippen molar-refractivity contribution < 1.29 is 0 Å². The summed E-state index contributed by atoms with van der Waals surface area (Å²) in [6.07, 6.45) is 0. The summed E-state index contributed by atoms with van der Waals surface area (Å²) in [6, 6.07) is 41.6. The number of fused-ring (bicyclic) bond motifs is 10. The molecule has 5 aromatic carbocycles. The maximum Gasteiger partial charge on any atom is 0.0731 e. The quantitative estimate of drug-likeness (QED) is 0.247. The minimum atomic E-state index is -0.352. The Labute approximate surface area is 192 Å². The zero-order chi connectivity index (χ0) is 21.3. The minimum Gasteiger partial charge on any atom is -0.0837 e. The van der Waals surface area contributed by atoms with Gasteiger partial charge in [0, 0.05) is 10.6 Å². The molecule has 1 heteroatoms. The minimum absolute atomic E-state index is 0.352. The van der Waals surface area contributed by atoms with Gasteiger partial charge >= 0.3 is 0 Å². The van der Waals surface area contributed by atoms with E-state index in [1.807, 2.05) is 12.1 Å². The number of halogens is 1. The fraction of sp³-hybridized carbons (Fsp3) is 0.0323. The lowest BCUT2D eigenvalue weighted by Crippen LogP contribution is -2.26. The monoisotopic (exact) mass is 426 g/mol. The van der Waals surface area contributed by atoms with Gasteiger partial charge in [-0.25, -0.2) is 0 Å². The maximum atomic E-state index is 6.77. The van der Waals surface area contributed by atoms with Gasteiger partial charge in [-0.1, -0.05) is 121 Å². The molecule has 0 nitrogen and oxygen atoms in total. The van der Waals surface area contributed by atoms with Crippen molar-refractivity contribution in [3.63, 3.8) is 0 Å². The third kappa shape index (κ3) is 2.08. The molecule has 0 aliphatic heterocycles. The van der Waals surface area contributed by atoms with Crippen molar-refractivity contribution in [1.82, 2.24) is 0 Å². The van der Waals surface area contributed by atoms with Gasteiger partial charge in [0.25, 0.3) is 0 Å². The van der Waals surface area contributed by atoms with Crippen LogP contribution in [0.4, 0.5) is 0 Å². The molecule has 32 heavy (non-hydrogen) atoms. The van der Waals surface area contributed by atoms with Crippen LogP contribution in [0, 0.1) is 0 Å². The molecule has 2 aliphatic rings. The van der Waals surface area contributed by atoms with Crippen LogP contribution < -0.4 is 0 Å². The molecule has 2 aliphatic carbocycles. The molecule has 0 fully saturated rings. The van der Waals surface area contributed by atoms with E-state index in [0.717, 1.165) is 10.6 Å². The first-order valence-electron chi connectivity index (χ1n) is 11.0. The Kier molecular flexibility index (Phi) is 3.63. The molecule has 1 spiro atoms. The van der Waals surface area contributed by atoms with Crippen LogP contribution >= 0.6 is 11.6 Å². The van der Waals surface area contributed by atoms with Crippen LogP contribution in [0.25, 0.3) is 33.4 Å². The van der Waals surface area contributed by atoms with Gasteiger partial charge in [0.1, 0.15) is 0 Å². The van der Waals surface area contributed by atoms with Crippen molar-refractivity contribution in [3.05, 3.63) is 143 Å². The van der Waals surface area contributed by atoms with E-state index in [9.17, 15) is 0 Å². The van der Waals surface area contributed by atoms with Crippen LogP contribution in [0.5, 0.6) is 0 Å². The van der Waals surface area contributed by atoms with E-state index in [2.05, 4.69) is 103 Å². The van der Waals surface area contributed by atoms with Crippen LogP contribution in [0.2, 0.25) is 5.02 Å². The lowest BCUT2D eigenvalue weighted by atomic mass is 9.68. The second-order valence-electron chi connectivity index (χ2n) is 8.59. The highest BCUT2D eigenvalue weighted by molar-refractivity contribution is 6.33. The average Bonchev–Trinajstić information content (AvgIpc) is 3.32. The smallest absolute Gasteiger partial charge is 0.0731 e. The highest BCUT2D eigenvalue weighted by atomic mass is 35.5. The molecule has 0 aromatic heterocycles. The summed E-state index contributed by atoms with van der Waals surface area (Å²) in [4.78, 5) is 0. The normalized spacial score (nSPS) is 14.0. The van der Waals surface area contributed by atoms with E-state index < -0.39 is 0 Å². The van der Waals surface area contributed by atoms with Crippen LogP contribution in [0.3, 0.4) is 0 Å². The summed E-state index contributed by atoms with van der Waals surface area (Å²) in [5.41, 5.74) is 12.6. The van der Waals surface area contributed by atoms with Gasteiger partial charge in [-0.15, -0.1) is 0 Å². The molecule has 0 amide bonds. The first-order valence-corrected chi connectivity index (χ1v) is 11.4. The van der Waals surface area contributed by atoms with Crippen LogP contribution in [0.15, 0.2) is 115 Å². The van der Waals surface area contributed by atoms with Crippen LogP contribution in [-0.4, -0.2) is 0 Å². The molecule has 0 unspecified atom stereocenters. The van der Waals surface area contributed by atoms with Gasteiger partial charge in [-0.3, -0.25) is 0 Å². The summed E-state index contributed by atoms with van der Waals surface area (Å²) in [5.74, 6) is 0. The Hall–Kier alpha value is -3.61. The molecule has 0 heterocycles. The van der Waals surface area contributed by atoms with Gasteiger partial charge in [-0.05, 0) is 56.1 Å². The van der Waals surface area contributed by atoms with Gasteiger partial charge < -0.3 is 0 Å². The molecule has 0 radical (unpaired) electrons. The molecular weight excluding hydrogens is 408 g/mol. The fourth-order valence-corrected chi connectivity index (χ4v) is 6.30. The summed E-state index contributed by atoms with van der Waals surface area (Å²) in [5, 5.41) is 0.784. The Balaban J connectivity index is 1.72. The van der Waals surface area contributed by atoms with E-state index in [1.54, 1.807) is 0 Å². The molecule has 0 bridgehead atoms. The molecular formula is C31H19Cl. The lowest BCUT2D eigenvalue weighted by molar-refractivity contribution is 0.796. The lowest BCUT2D eigenvalue weighted by Gasteiger charge is -2.32. The predicted molar refractivity (Wildman–Crippen MR) is 133 cm³/mol. The summed E-state index contributed by atoms with van der Waals surface area (Å²) < 4.78 is 0. The maximum absolute atomic E-state index is 6.77. The molecule has 150 valence electrons. The van der Waals surface area contributed by atoms with E-state index >= 15 is 0 Å². The molecule has 7 rings (SSSR count). The number of benzene rings is 5. The highest BCUT2D eigenvalue weighted by Crippen LogP contribution is 2.64. The van der Waals surface area contributed by atoms with Crippen molar-refractivity contribution in [2.24, 2.45) is 0 Å². The second-order valence-corrected chi connectivity index (χ2v) is 9.00.